The molecule has 7 heteroatoms. The van der Waals surface area contributed by atoms with Crippen LogP contribution in [0, 0.1) is 0 Å². The van der Waals surface area contributed by atoms with Crippen molar-refractivity contribution in [2.24, 2.45) is 0 Å². The van der Waals surface area contributed by atoms with Gasteiger partial charge in [0, 0.05) is 13.2 Å². The predicted octanol–water partition coefficient (Wildman–Crippen LogP) is 2.74. The third kappa shape index (κ3) is 4.78. The molecule has 1 aromatic heterocycles. The van der Waals surface area contributed by atoms with E-state index in [-0.39, 0.29) is 12.1 Å². The fourth-order valence-electron chi connectivity index (χ4n) is 1.74. The molecule has 1 atom stereocenters. The van der Waals surface area contributed by atoms with Crippen LogP contribution in [-0.2, 0) is 9.47 Å². The van der Waals surface area contributed by atoms with E-state index in [0.717, 1.165) is 0 Å². The number of methoxy groups -OCH3 is 1. The molecule has 1 unspecified atom stereocenters. The van der Waals surface area contributed by atoms with Crippen molar-refractivity contribution in [2.75, 3.05) is 31.4 Å². The number of hydrogen-bond acceptors (Lipinski definition) is 7. The second-order valence-electron chi connectivity index (χ2n) is 4.89. The van der Waals surface area contributed by atoms with Crippen LogP contribution in [0.25, 0.3) is 0 Å². The summed E-state index contributed by atoms with van der Waals surface area (Å²) in [5, 5.41) is 3.97. The van der Waals surface area contributed by atoms with Crippen LogP contribution < -0.4 is 15.8 Å². The second kappa shape index (κ2) is 8.09. The highest BCUT2D eigenvalue weighted by atomic mass is 32.1. The van der Waals surface area contributed by atoms with E-state index in [1.165, 1.54) is 11.3 Å². The average molecular weight is 316 g/mol. The van der Waals surface area contributed by atoms with Crippen LogP contribution in [0.2, 0.25) is 0 Å². The molecule has 0 fully saturated rings. The van der Waals surface area contributed by atoms with Gasteiger partial charge in [0.1, 0.15) is 15.6 Å². The van der Waals surface area contributed by atoms with E-state index < -0.39 is 5.97 Å². The van der Waals surface area contributed by atoms with Gasteiger partial charge in [0.2, 0.25) is 0 Å². The van der Waals surface area contributed by atoms with Gasteiger partial charge >= 0.3 is 5.97 Å². The molecule has 6 nitrogen and oxygen atoms in total. The number of carbonyl (C=O) groups excluding carboxylic acids is 1. The quantitative estimate of drug-likeness (QED) is 0.718. The zero-order chi connectivity index (χ0) is 16.0. The van der Waals surface area contributed by atoms with Gasteiger partial charge in [0.15, 0.2) is 5.75 Å². The minimum atomic E-state index is -0.430. The number of nitrogens with one attached hydrogen (secondary N) is 1. The first-order valence-corrected chi connectivity index (χ1v) is 7.73. The molecule has 1 rings (SSSR count). The summed E-state index contributed by atoms with van der Waals surface area (Å²) in [6.45, 7) is 8.38. The molecule has 0 amide bonds. The van der Waals surface area contributed by atoms with Crippen molar-refractivity contribution in [3.05, 3.63) is 4.88 Å². The molecule has 0 bridgehead atoms. The van der Waals surface area contributed by atoms with Crippen LogP contribution in [0.3, 0.4) is 0 Å². The third-order valence-electron chi connectivity index (χ3n) is 2.51. The molecule has 120 valence electrons. The summed E-state index contributed by atoms with van der Waals surface area (Å²) < 4.78 is 15.9. The van der Waals surface area contributed by atoms with Crippen molar-refractivity contribution in [1.29, 1.82) is 0 Å². The monoisotopic (exact) mass is 316 g/mol. The van der Waals surface area contributed by atoms with Crippen molar-refractivity contribution in [1.82, 2.24) is 0 Å². The Bertz CT molecular complexity index is 474. The molecule has 0 aliphatic heterocycles. The highest BCUT2D eigenvalue weighted by Crippen LogP contribution is 2.43. The molecule has 0 aliphatic rings. The van der Waals surface area contributed by atoms with Gasteiger partial charge in [0.05, 0.1) is 19.3 Å². The summed E-state index contributed by atoms with van der Waals surface area (Å²) in [6.07, 6.45) is -0.0461. The maximum atomic E-state index is 11.9. The number of carbonyl (C=O) groups is 1. The number of rotatable bonds is 8. The van der Waals surface area contributed by atoms with Gasteiger partial charge in [0.25, 0.3) is 0 Å². The first-order chi connectivity index (χ1) is 9.90. The molecule has 0 aromatic carbocycles. The Morgan fingerprint density at radius 2 is 2.05 bits per heavy atom. The molecule has 0 aliphatic carbocycles. The van der Waals surface area contributed by atoms with E-state index in [4.69, 9.17) is 19.9 Å². The molecule has 1 aromatic rings. The number of nitrogen functional groups attached to an aromatic ring is 1. The number of anilines is 2. The third-order valence-corrected chi connectivity index (χ3v) is 3.61. The predicted molar refractivity (Wildman–Crippen MR) is 85.4 cm³/mol. The molecule has 0 spiro atoms. The van der Waals surface area contributed by atoms with E-state index in [1.54, 1.807) is 14.0 Å². The van der Waals surface area contributed by atoms with Crippen LogP contribution in [0.15, 0.2) is 0 Å². The zero-order valence-corrected chi connectivity index (χ0v) is 14.0. The van der Waals surface area contributed by atoms with E-state index in [1.807, 2.05) is 20.8 Å². The summed E-state index contributed by atoms with van der Waals surface area (Å²) in [5.74, 6) is 0.0713. The van der Waals surface area contributed by atoms with Crippen LogP contribution in [-0.4, -0.2) is 38.4 Å². The van der Waals surface area contributed by atoms with Gasteiger partial charge in [-0.1, -0.05) is 0 Å². The van der Waals surface area contributed by atoms with Crippen LogP contribution in [0.4, 0.5) is 10.7 Å². The summed E-state index contributed by atoms with van der Waals surface area (Å²) >= 11 is 1.24. The Hall–Kier alpha value is -1.47. The van der Waals surface area contributed by atoms with Gasteiger partial charge in [-0.15, -0.1) is 11.3 Å². The SMILES string of the molecule is CCOC(=O)c1sc(NC(C)COC)c(OC(C)C)c1N. The Labute approximate surface area is 129 Å². The van der Waals surface area contributed by atoms with Crippen molar-refractivity contribution in [2.45, 2.75) is 39.8 Å². The lowest BCUT2D eigenvalue weighted by atomic mass is 10.3. The van der Waals surface area contributed by atoms with Crippen LogP contribution >= 0.6 is 11.3 Å². The number of thiophene rings is 1. The summed E-state index contributed by atoms with van der Waals surface area (Å²) in [5.41, 5.74) is 6.37. The number of nitrogens with two attached hydrogens (primary N) is 1. The van der Waals surface area contributed by atoms with Crippen molar-refractivity contribution < 1.29 is 19.0 Å². The molecule has 0 saturated heterocycles. The van der Waals surface area contributed by atoms with Crippen molar-refractivity contribution in [3.8, 4) is 5.75 Å². The summed E-state index contributed by atoms with van der Waals surface area (Å²) in [4.78, 5) is 12.3. The van der Waals surface area contributed by atoms with Crippen LogP contribution in [0.1, 0.15) is 37.4 Å². The van der Waals surface area contributed by atoms with Gasteiger partial charge in [-0.3, -0.25) is 0 Å². The van der Waals surface area contributed by atoms with E-state index in [2.05, 4.69) is 5.32 Å². The maximum Gasteiger partial charge on any atom is 0.350 e. The van der Waals surface area contributed by atoms with E-state index in [9.17, 15) is 4.79 Å². The van der Waals surface area contributed by atoms with Crippen molar-refractivity contribution >= 4 is 28.0 Å². The molecule has 3 N–H and O–H groups in total. The number of hydrogen-bond donors (Lipinski definition) is 2. The topological polar surface area (TPSA) is 82.8 Å². The largest absolute Gasteiger partial charge is 0.486 e. The fraction of sp³-hybridized carbons (Fsp3) is 0.643. The summed E-state index contributed by atoms with van der Waals surface area (Å²) in [6, 6.07) is 0.0672. The lowest BCUT2D eigenvalue weighted by Gasteiger charge is -2.16. The smallest absolute Gasteiger partial charge is 0.350 e. The van der Waals surface area contributed by atoms with Gasteiger partial charge in [-0.2, -0.15) is 0 Å². The lowest BCUT2D eigenvalue weighted by Crippen LogP contribution is -2.21. The normalized spacial score (nSPS) is 12.3. The zero-order valence-electron chi connectivity index (χ0n) is 13.2. The summed E-state index contributed by atoms with van der Waals surface area (Å²) in [7, 11) is 1.64. The Morgan fingerprint density at radius 1 is 1.38 bits per heavy atom. The molecule has 0 saturated carbocycles. The fourth-order valence-corrected chi connectivity index (χ4v) is 2.80. The standard InChI is InChI=1S/C14H24N2O4S/c1-6-19-14(17)12-10(15)11(20-8(2)3)13(21-12)16-9(4)7-18-5/h8-9,16H,6-7,15H2,1-5H3. The molecular weight excluding hydrogens is 292 g/mol. The van der Waals surface area contributed by atoms with E-state index in [0.29, 0.717) is 34.5 Å². The maximum absolute atomic E-state index is 11.9. The second-order valence-corrected chi connectivity index (χ2v) is 5.91. The Morgan fingerprint density at radius 3 is 2.57 bits per heavy atom. The average Bonchev–Trinajstić information content (AvgIpc) is 2.68. The highest BCUT2D eigenvalue weighted by molar-refractivity contribution is 7.19. The van der Waals surface area contributed by atoms with Crippen molar-refractivity contribution in [3.63, 3.8) is 0 Å². The highest BCUT2D eigenvalue weighted by Gasteiger charge is 2.24. The lowest BCUT2D eigenvalue weighted by molar-refractivity contribution is 0.0533. The Kier molecular flexibility index (Phi) is 6.77. The molecule has 0 radical (unpaired) electrons. The Balaban J connectivity index is 3.08. The molecule has 21 heavy (non-hydrogen) atoms. The first-order valence-electron chi connectivity index (χ1n) is 6.92. The molecule has 1 heterocycles. The minimum Gasteiger partial charge on any atom is -0.486 e. The minimum absolute atomic E-state index is 0.0461. The van der Waals surface area contributed by atoms with Gasteiger partial charge in [-0.25, -0.2) is 4.79 Å². The number of ether oxygens (including phenoxy) is 3. The van der Waals surface area contributed by atoms with Gasteiger partial charge in [-0.05, 0) is 27.7 Å². The van der Waals surface area contributed by atoms with Gasteiger partial charge < -0.3 is 25.3 Å². The molecular formula is C14H24N2O4S. The van der Waals surface area contributed by atoms with E-state index >= 15 is 0 Å². The first kappa shape index (κ1) is 17.6. The van der Waals surface area contributed by atoms with Crippen LogP contribution in [0.5, 0.6) is 5.75 Å². The number of esters is 1.